The number of hydrogen-bond donors (Lipinski definition) is 0. The molecule has 2 heterocycles. The summed E-state index contributed by atoms with van der Waals surface area (Å²) in [6.07, 6.45) is 0. The third-order valence-corrected chi connectivity index (χ3v) is 15.8. The lowest BCUT2D eigenvalue weighted by molar-refractivity contribution is 1.40. The SMILES string of the molecule is c1ccc(-c2c3ccccc3c(-c3ccc4c(c3)Sc3cccc5c3c-4cc3sc4cc(-c6c7ccccc7c(-c7ccccc7)c7ccccc67)ccc4c35)c3ccccc23)cc1. The van der Waals surface area contributed by atoms with Crippen LogP contribution in [-0.4, -0.2) is 0 Å². The van der Waals surface area contributed by atoms with Crippen LogP contribution in [0.25, 0.3) is 130 Å². The van der Waals surface area contributed by atoms with Crippen molar-refractivity contribution < 1.29 is 0 Å². The fraction of sp³-hybridized carbons (Fsp3) is 0. The van der Waals surface area contributed by atoms with E-state index in [1.165, 1.54) is 139 Å². The van der Waals surface area contributed by atoms with Crippen LogP contribution >= 0.6 is 23.1 Å². The van der Waals surface area contributed by atoms with Crippen molar-refractivity contribution in [1.29, 1.82) is 0 Å². The molecule has 0 spiro atoms. The highest BCUT2D eigenvalue weighted by Crippen LogP contribution is 2.54. The third-order valence-electron chi connectivity index (χ3n) is 13.6. The maximum absolute atomic E-state index is 2.49. The lowest BCUT2D eigenvalue weighted by Crippen LogP contribution is -1.95. The van der Waals surface area contributed by atoms with Crippen LogP contribution in [0.15, 0.2) is 228 Å². The summed E-state index contributed by atoms with van der Waals surface area (Å²) in [6, 6.07) is 81.4. The number of hydrogen-bond acceptors (Lipinski definition) is 2. The van der Waals surface area contributed by atoms with Crippen LogP contribution < -0.4 is 0 Å². The summed E-state index contributed by atoms with van der Waals surface area (Å²) in [5.41, 5.74) is 12.8. The average molecular weight is 845 g/mol. The van der Waals surface area contributed by atoms with E-state index in [2.05, 4.69) is 218 Å². The number of benzene rings is 12. The van der Waals surface area contributed by atoms with Gasteiger partial charge in [0.25, 0.3) is 0 Å². The minimum Gasteiger partial charge on any atom is -0.135 e. The van der Waals surface area contributed by atoms with Crippen LogP contribution in [0.1, 0.15) is 0 Å². The second kappa shape index (κ2) is 14.0. The van der Waals surface area contributed by atoms with Gasteiger partial charge in [0.2, 0.25) is 0 Å². The van der Waals surface area contributed by atoms with Crippen molar-refractivity contribution in [3.8, 4) is 55.6 Å². The van der Waals surface area contributed by atoms with E-state index in [-0.39, 0.29) is 0 Å². The van der Waals surface area contributed by atoms with Crippen molar-refractivity contribution in [2.75, 3.05) is 0 Å². The first-order chi connectivity index (χ1) is 31.8. The monoisotopic (exact) mass is 844 g/mol. The molecule has 0 fully saturated rings. The molecule has 2 heteroatoms. The van der Waals surface area contributed by atoms with Gasteiger partial charge < -0.3 is 0 Å². The molecular weight excluding hydrogens is 809 g/mol. The molecule has 0 aliphatic carbocycles. The first-order valence-electron chi connectivity index (χ1n) is 22.0. The Balaban J connectivity index is 0.951. The highest BCUT2D eigenvalue weighted by molar-refractivity contribution is 7.99. The standard InChI is InChI=1S/C62H36S2/c1-3-16-37(17-4-1)57-42-20-7-11-24-46(42)59(47-25-12-8-21-43(47)57)39-30-32-41-52-36-56-61(51-28-15-29-53(62(51)52)63-54(41)34-39)50-33-31-40(35-55(50)64-56)60-48-26-13-9-22-44(48)58(38-18-5-2-6-19-38)45-23-10-14-27-49(45)60/h1-36H. The minimum atomic E-state index is 1.25. The lowest BCUT2D eigenvalue weighted by atomic mass is 9.85. The molecule has 12 aromatic carbocycles. The van der Waals surface area contributed by atoms with Crippen molar-refractivity contribution in [1.82, 2.24) is 0 Å². The maximum atomic E-state index is 2.49. The van der Waals surface area contributed by atoms with Gasteiger partial charge in [-0.1, -0.05) is 206 Å². The van der Waals surface area contributed by atoms with Crippen molar-refractivity contribution in [3.05, 3.63) is 218 Å². The molecule has 0 saturated heterocycles. The van der Waals surface area contributed by atoms with Crippen molar-refractivity contribution >= 4 is 97.1 Å². The van der Waals surface area contributed by atoms with Crippen LogP contribution in [0.4, 0.5) is 0 Å². The van der Waals surface area contributed by atoms with Gasteiger partial charge in [-0.2, -0.15) is 0 Å². The van der Waals surface area contributed by atoms with Gasteiger partial charge in [-0.25, -0.2) is 0 Å². The molecule has 0 N–H and O–H groups in total. The van der Waals surface area contributed by atoms with Gasteiger partial charge in [-0.3, -0.25) is 0 Å². The van der Waals surface area contributed by atoms with E-state index >= 15 is 0 Å². The molecule has 0 bridgehead atoms. The minimum absolute atomic E-state index is 1.25. The molecule has 0 unspecified atom stereocenters. The molecule has 0 amide bonds. The van der Waals surface area contributed by atoms with Crippen molar-refractivity contribution in [2.24, 2.45) is 0 Å². The Labute approximate surface area is 378 Å². The second-order valence-corrected chi connectivity index (χ2v) is 19.2. The first-order valence-corrected chi connectivity index (χ1v) is 23.6. The zero-order chi connectivity index (χ0) is 41.9. The van der Waals surface area contributed by atoms with Gasteiger partial charge >= 0.3 is 0 Å². The Bertz CT molecular complexity index is 3970. The number of fused-ring (bicyclic) bond motifs is 10. The Morgan fingerprint density at radius 1 is 0.234 bits per heavy atom. The Kier molecular flexibility index (Phi) is 7.89. The molecule has 0 saturated carbocycles. The molecule has 0 radical (unpaired) electrons. The summed E-state index contributed by atoms with van der Waals surface area (Å²) in [4.78, 5) is 2.62. The fourth-order valence-corrected chi connectivity index (χ4v) is 13.4. The first kappa shape index (κ1) is 36.0. The predicted molar refractivity (Wildman–Crippen MR) is 278 cm³/mol. The van der Waals surface area contributed by atoms with Crippen LogP contribution in [0.3, 0.4) is 0 Å². The van der Waals surface area contributed by atoms with Crippen LogP contribution in [-0.2, 0) is 0 Å². The highest BCUT2D eigenvalue weighted by Gasteiger charge is 2.25. The second-order valence-electron chi connectivity index (χ2n) is 17.0. The summed E-state index contributed by atoms with van der Waals surface area (Å²) in [7, 11) is 0. The van der Waals surface area contributed by atoms with Crippen molar-refractivity contribution in [3.63, 3.8) is 0 Å². The maximum Gasteiger partial charge on any atom is 0.0368 e. The van der Waals surface area contributed by atoms with E-state index < -0.39 is 0 Å². The summed E-state index contributed by atoms with van der Waals surface area (Å²) in [6.45, 7) is 0. The molecule has 1 aliphatic heterocycles. The molecule has 14 rings (SSSR count). The number of thiophene rings is 1. The smallest absolute Gasteiger partial charge is 0.0368 e. The summed E-state index contributed by atoms with van der Waals surface area (Å²) in [5.74, 6) is 0. The predicted octanol–water partition coefficient (Wildman–Crippen LogP) is 18.6. The average Bonchev–Trinajstić information content (AvgIpc) is 3.73. The van der Waals surface area contributed by atoms with E-state index in [0.29, 0.717) is 0 Å². The van der Waals surface area contributed by atoms with Gasteiger partial charge in [0.05, 0.1) is 0 Å². The van der Waals surface area contributed by atoms with Crippen LogP contribution in [0, 0.1) is 0 Å². The normalized spacial score (nSPS) is 12.3. The largest absolute Gasteiger partial charge is 0.135 e. The Hall–Kier alpha value is -7.49. The molecule has 13 aromatic rings. The molecule has 0 atom stereocenters. The summed E-state index contributed by atoms with van der Waals surface area (Å²) in [5, 5.41) is 15.6. The van der Waals surface area contributed by atoms with Gasteiger partial charge in [-0.05, 0) is 128 Å². The quantitative estimate of drug-likeness (QED) is 0.159. The summed E-state index contributed by atoms with van der Waals surface area (Å²) < 4.78 is 2.65. The third kappa shape index (κ3) is 5.24. The van der Waals surface area contributed by atoms with Gasteiger partial charge in [0, 0.05) is 35.3 Å². The van der Waals surface area contributed by atoms with Crippen molar-refractivity contribution in [2.45, 2.75) is 9.79 Å². The van der Waals surface area contributed by atoms with Crippen LogP contribution in [0.2, 0.25) is 0 Å². The highest BCUT2D eigenvalue weighted by atomic mass is 32.2. The molecular formula is C62H36S2. The fourth-order valence-electron chi connectivity index (χ4n) is 11.0. The molecule has 1 aliphatic rings. The molecule has 64 heavy (non-hydrogen) atoms. The van der Waals surface area contributed by atoms with E-state index in [1.807, 2.05) is 23.1 Å². The van der Waals surface area contributed by atoms with Gasteiger partial charge in [-0.15, -0.1) is 11.3 Å². The van der Waals surface area contributed by atoms with E-state index in [9.17, 15) is 0 Å². The number of rotatable bonds is 4. The molecule has 0 nitrogen and oxygen atoms in total. The van der Waals surface area contributed by atoms with E-state index in [1.54, 1.807) is 0 Å². The topological polar surface area (TPSA) is 0 Å². The Morgan fingerprint density at radius 2 is 0.672 bits per heavy atom. The van der Waals surface area contributed by atoms with Gasteiger partial charge in [0.1, 0.15) is 0 Å². The van der Waals surface area contributed by atoms with Crippen LogP contribution in [0.5, 0.6) is 0 Å². The Morgan fingerprint density at radius 3 is 1.19 bits per heavy atom. The van der Waals surface area contributed by atoms with E-state index in [4.69, 9.17) is 0 Å². The molecule has 296 valence electrons. The summed E-state index contributed by atoms with van der Waals surface area (Å²) >= 11 is 3.84. The van der Waals surface area contributed by atoms with E-state index in [0.717, 1.165) is 0 Å². The molecule has 1 aromatic heterocycles. The zero-order valence-corrected chi connectivity index (χ0v) is 36.2. The lowest BCUT2D eigenvalue weighted by Gasteiger charge is -2.23. The van der Waals surface area contributed by atoms with Gasteiger partial charge in [0.15, 0.2) is 0 Å². The zero-order valence-electron chi connectivity index (χ0n) is 34.6.